The van der Waals surface area contributed by atoms with Crippen LogP contribution in [-0.2, 0) is 0 Å². The van der Waals surface area contributed by atoms with Gasteiger partial charge in [0.2, 0.25) is 5.43 Å². The van der Waals surface area contributed by atoms with Crippen molar-refractivity contribution in [3.05, 3.63) is 64.4 Å². The van der Waals surface area contributed by atoms with Gasteiger partial charge in [-0.25, -0.2) is 4.98 Å². The van der Waals surface area contributed by atoms with Gasteiger partial charge in [-0.15, -0.1) is 26.1 Å². The first-order valence-corrected chi connectivity index (χ1v) is 8.77. The maximum absolute atomic E-state index is 12.0. The van der Waals surface area contributed by atoms with Crippen molar-refractivity contribution >= 4 is 56.5 Å². The summed E-state index contributed by atoms with van der Waals surface area (Å²) in [4.78, 5) is 49.0. The molecule has 0 fully saturated rings. The fourth-order valence-electron chi connectivity index (χ4n) is 2.28. The molecule has 0 amide bonds. The summed E-state index contributed by atoms with van der Waals surface area (Å²) in [5, 5.41) is 18.1. The maximum atomic E-state index is 12.0. The highest BCUT2D eigenvalue weighted by Crippen LogP contribution is 2.39. The molecule has 1 aromatic carbocycles. The van der Waals surface area contributed by atoms with Crippen LogP contribution in [0.2, 0.25) is 0 Å². The molecule has 0 aromatic heterocycles. The first kappa shape index (κ1) is 18.6. The second-order valence-electron chi connectivity index (χ2n) is 5.13. The highest BCUT2D eigenvalue weighted by molar-refractivity contribution is 9.10. The number of fused-ring (bicyclic) bond motifs is 1. The zero-order valence-corrected chi connectivity index (χ0v) is 15.5. The van der Waals surface area contributed by atoms with Crippen molar-refractivity contribution < 1.29 is 5.11 Å². The number of nitrogens with zero attached hydrogens (tertiary/aromatic N) is 4. The van der Waals surface area contributed by atoms with E-state index in [0.717, 1.165) is 11.3 Å². The smallest absolute Gasteiger partial charge is 0.238 e. The van der Waals surface area contributed by atoms with Crippen molar-refractivity contribution in [2.75, 3.05) is 0 Å². The molecule has 9 nitrogen and oxygen atoms in total. The monoisotopic (exact) mass is 446 g/mol. The van der Waals surface area contributed by atoms with Crippen LogP contribution in [0.1, 0.15) is 10.6 Å². The average Bonchev–Trinajstić information content (AvgIpc) is 2.67. The topological polar surface area (TPSA) is 138 Å². The predicted molar refractivity (Wildman–Crippen MR) is 106 cm³/mol. The molecule has 1 heterocycles. The molecule has 0 saturated heterocycles. The number of benzene rings is 2. The lowest BCUT2D eigenvalue weighted by molar-refractivity contribution is 0.476. The van der Waals surface area contributed by atoms with E-state index in [4.69, 9.17) is 0 Å². The Bertz CT molecular complexity index is 1140. The Kier molecular flexibility index (Phi) is 5.23. The lowest BCUT2D eigenvalue weighted by Gasteiger charge is -2.06. The molecule has 0 saturated carbocycles. The third kappa shape index (κ3) is 3.41. The quantitative estimate of drug-likeness (QED) is 0.517. The Morgan fingerprint density at radius 1 is 1.07 bits per heavy atom. The molecule has 0 unspecified atom stereocenters. The Morgan fingerprint density at radius 3 is 2.48 bits per heavy atom. The molecule has 2 aliphatic rings. The van der Waals surface area contributed by atoms with Crippen LogP contribution < -0.4 is 5.43 Å². The van der Waals surface area contributed by atoms with Crippen LogP contribution in [0, 0.1) is 14.7 Å². The van der Waals surface area contributed by atoms with Crippen LogP contribution in [0.4, 0.5) is 17.1 Å². The second-order valence-corrected chi connectivity index (χ2v) is 6.96. The first-order valence-electron chi connectivity index (χ1n) is 7.16. The summed E-state index contributed by atoms with van der Waals surface area (Å²) >= 11 is 4.22. The van der Waals surface area contributed by atoms with E-state index in [1.54, 1.807) is 18.2 Å². The largest absolute Gasteiger partial charge is 0.506 e. The van der Waals surface area contributed by atoms with Gasteiger partial charge in [-0.2, -0.15) is 0 Å². The molecule has 1 aliphatic carbocycles. The highest BCUT2D eigenvalue weighted by atomic mass is 79.9. The Labute approximate surface area is 162 Å². The van der Waals surface area contributed by atoms with Gasteiger partial charge in [0.15, 0.2) is 17.1 Å². The van der Waals surface area contributed by atoms with Crippen molar-refractivity contribution in [2.45, 2.75) is 0 Å². The number of halogens is 1. The highest BCUT2D eigenvalue weighted by Gasteiger charge is 2.19. The van der Waals surface area contributed by atoms with Crippen molar-refractivity contribution in [1.82, 2.24) is 4.98 Å². The van der Waals surface area contributed by atoms with Crippen molar-refractivity contribution in [3.63, 3.8) is 0 Å². The predicted octanol–water partition coefficient (Wildman–Crippen LogP) is 5.44. The standard InChI is InChI=1S/C16H7BrN4O5S/c17-12-7(1-3-10(22)13(12)20-25)2-4-11-18-6-8-5-9(19-24)15(23)14(21-26)16(8)27-11/h1-6,22H/b4-2+. The van der Waals surface area contributed by atoms with Crippen LogP contribution >= 0.6 is 27.3 Å². The summed E-state index contributed by atoms with van der Waals surface area (Å²) < 4.78 is 0.304. The molecular weight excluding hydrogens is 440 g/mol. The summed E-state index contributed by atoms with van der Waals surface area (Å²) in [6.45, 7) is 0. The van der Waals surface area contributed by atoms with E-state index in [1.807, 2.05) is 0 Å². The van der Waals surface area contributed by atoms with Gasteiger partial charge < -0.3 is 5.11 Å². The molecule has 1 aliphatic heterocycles. The summed E-state index contributed by atoms with van der Waals surface area (Å²) in [5.41, 5.74) is -0.842. The number of aromatic nitrogens is 1. The van der Waals surface area contributed by atoms with Gasteiger partial charge in [-0.3, -0.25) is 4.79 Å². The van der Waals surface area contributed by atoms with Gasteiger partial charge in [0.05, 0.1) is 9.35 Å². The summed E-state index contributed by atoms with van der Waals surface area (Å²) in [6, 6.07) is 4.13. The van der Waals surface area contributed by atoms with E-state index in [1.165, 1.54) is 18.3 Å². The molecule has 0 spiro atoms. The van der Waals surface area contributed by atoms with Crippen molar-refractivity contribution in [1.29, 1.82) is 0 Å². The van der Waals surface area contributed by atoms with Gasteiger partial charge >= 0.3 is 0 Å². The molecule has 134 valence electrons. The van der Waals surface area contributed by atoms with E-state index >= 15 is 0 Å². The molecule has 3 rings (SSSR count). The van der Waals surface area contributed by atoms with Gasteiger partial charge in [-0.1, -0.05) is 12.1 Å². The molecular formula is C16H7BrN4O5S. The van der Waals surface area contributed by atoms with Crippen LogP contribution in [0.3, 0.4) is 0 Å². The summed E-state index contributed by atoms with van der Waals surface area (Å²) in [6.07, 6.45) is 4.58. The molecule has 1 aromatic rings. The first-order chi connectivity index (χ1) is 13.0. The zero-order chi connectivity index (χ0) is 19.6. The van der Waals surface area contributed by atoms with E-state index in [-0.39, 0.29) is 16.3 Å². The van der Waals surface area contributed by atoms with Crippen molar-refractivity contribution in [2.24, 2.45) is 15.5 Å². The lowest BCUT2D eigenvalue weighted by atomic mass is 10.1. The van der Waals surface area contributed by atoms with Gasteiger partial charge in [-0.05, 0) is 55.2 Å². The minimum Gasteiger partial charge on any atom is -0.506 e. The third-order valence-electron chi connectivity index (χ3n) is 3.57. The van der Waals surface area contributed by atoms with Crippen LogP contribution in [-0.4, -0.2) is 10.1 Å². The molecule has 27 heavy (non-hydrogen) atoms. The maximum Gasteiger partial charge on any atom is 0.238 e. The SMILES string of the molecule is O=Nc1c(O)ccc(/C=C/c2ncc3cc(N=O)c(=O)c(N=O)c-3s2)c1Br. The van der Waals surface area contributed by atoms with E-state index < -0.39 is 16.8 Å². The number of phenolic OH excluding ortho intramolecular Hbond substituents is 1. The number of nitroso groups, excluding NO2 is 3. The van der Waals surface area contributed by atoms with Crippen molar-refractivity contribution in [3.8, 4) is 16.2 Å². The zero-order valence-electron chi connectivity index (χ0n) is 13.1. The third-order valence-corrected chi connectivity index (χ3v) is 5.48. The minimum atomic E-state index is -0.840. The van der Waals surface area contributed by atoms with E-state index in [2.05, 4.69) is 36.4 Å². The van der Waals surface area contributed by atoms with Gasteiger partial charge in [0, 0.05) is 11.8 Å². The van der Waals surface area contributed by atoms with Crippen LogP contribution in [0.25, 0.3) is 22.6 Å². The number of phenols is 1. The molecule has 1 N–H and O–H groups in total. The van der Waals surface area contributed by atoms with Gasteiger partial charge in [0.1, 0.15) is 10.8 Å². The Morgan fingerprint density at radius 2 is 1.81 bits per heavy atom. The lowest BCUT2D eigenvalue weighted by Crippen LogP contribution is -2.02. The summed E-state index contributed by atoms with van der Waals surface area (Å²) in [5.74, 6) is -0.259. The molecule has 0 atom stereocenters. The Balaban J connectivity index is 2.09. The molecule has 0 radical (unpaired) electrons. The van der Waals surface area contributed by atoms with Crippen LogP contribution in [0.15, 0.2) is 49.2 Å². The average molecular weight is 447 g/mol. The minimum absolute atomic E-state index is 0.135. The molecule has 0 bridgehead atoms. The fraction of sp³-hybridized carbons (Fsp3) is 0. The van der Waals surface area contributed by atoms with E-state index in [0.29, 0.717) is 20.6 Å². The Hall–Kier alpha value is -3.18. The van der Waals surface area contributed by atoms with Crippen LogP contribution in [0.5, 0.6) is 5.75 Å². The number of hydrogen-bond donors (Lipinski definition) is 1. The number of rotatable bonds is 5. The number of aromatic hydroxyl groups is 1. The summed E-state index contributed by atoms with van der Waals surface area (Å²) in [7, 11) is 0. The normalized spacial score (nSPS) is 11.0. The fourth-order valence-corrected chi connectivity index (χ4v) is 3.73. The number of hydrogen-bond acceptors (Lipinski definition) is 10. The van der Waals surface area contributed by atoms with E-state index in [9.17, 15) is 24.6 Å². The second kappa shape index (κ2) is 7.60. The molecule has 11 heteroatoms. The van der Waals surface area contributed by atoms with Gasteiger partial charge in [0.25, 0.3) is 0 Å².